The molecule has 0 radical (unpaired) electrons. The van der Waals surface area contributed by atoms with E-state index in [1.165, 1.54) is 0 Å². The number of carbonyl (C=O) groups is 3. The highest BCUT2D eigenvalue weighted by Gasteiger charge is 1.94. The minimum absolute atomic E-state index is 0.0124. The van der Waals surface area contributed by atoms with Crippen LogP contribution in [-0.2, 0) is 14.4 Å². The number of rotatable bonds is 8. The zero-order chi connectivity index (χ0) is 12.4. The van der Waals surface area contributed by atoms with Gasteiger partial charge in [0.2, 0.25) is 5.91 Å². The van der Waals surface area contributed by atoms with Crippen LogP contribution in [0.15, 0.2) is 12.2 Å². The summed E-state index contributed by atoms with van der Waals surface area (Å²) in [5.74, 6) is -3.02. The molecule has 0 unspecified atom stereocenters. The first-order valence-electron chi connectivity index (χ1n) is 4.89. The summed E-state index contributed by atoms with van der Waals surface area (Å²) in [6.07, 6.45) is 3.34. The maximum atomic E-state index is 10.9. The van der Waals surface area contributed by atoms with Gasteiger partial charge in [-0.3, -0.25) is 4.79 Å². The third kappa shape index (κ3) is 10.2. The summed E-state index contributed by atoms with van der Waals surface area (Å²) < 4.78 is 0. The van der Waals surface area contributed by atoms with Crippen LogP contribution in [0.4, 0.5) is 0 Å². The lowest BCUT2D eigenvalue weighted by Crippen LogP contribution is -2.24. The Morgan fingerprint density at radius 2 is 1.69 bits per heavy atom. The van der Waals surface area contributed by atoms with Crippen LogP contribution in [0.5, 0.6) is 0 Å². The van der Waals surface area contributed by atoms with E-state index in [9.17, 15) is 24.6 Å². The van der Waals surface area contributed by atoms with Gasteiger partial charge in [0.05, 0.1) is 5.97 Å². The Labute approximate surface area is 93.0 Å². The number of nitrogens with one attached hydrogen (secondary N) is 1. The van der Waals surface area contributed by atoms with Gasteiger partial charge in [0.1, 0.15) is 0 Å². The van der Waals surface area contributed by atoms with Crippen LogP contribution >= 0.6 is 0 Å². The molecule has 1 amide bonds. The molecule has 0 aromatic rings. The van der Waals surface area contributed by atoms with Crippen molar-refractivity contribution in [1.82, 2.24) is 5.32 Å². The van der Waals surface area contributed by atoms with Crippen molar-refractivity contribution in [2.24, 2.45) is 0 Å². The van der Waals surface area contributed by atoms with E-state index >= 15 is 0 Å². The van der Waals surface area contributed by atoms with E-state index in [2.05, 4.69) is 5.32 Å². The molecule has 0 aromatic heterocycles. The van der Waals surface area contributed by atoms with Crippen molar-refractivity contribution in [3.05, 3.63) is 12.2 Å². The van der Waals surface area contributed by atoms with E-state index in [0.29, 0.717) is 31.9 Å². The number of carboxylic acids is 2. The van der Waals surface area contributed by atoms with Gasteiger partial charge in [-0.25, -0.2) is 0 Å². The highest BCUT2D eigenvalue weighted by molar-refractivity contribution is 5.93. The van der Waals surface area contributed by atoms with Gasteiger partial charge < -0.3 is 25.1 Å². The Balaban J connectivity index is 3.41. The van der Waals surface area contributed by atoms with Crippen molar-refractivity contribution in [3.8, 4) is 0 Å². The minimum atomic E-state index is -1.43. The Bertz CT molecular complexity index is 285. The molecule has 0 aliphatic rings. The Morgan fingerprint density at radius 1 is 1.00 bits per heavy atom. The monoisotopic (exact) mass is 227 g/mol. The fraction of sp³-hybridized carbons (Fsp3) is 0.500. The van der Waals surface area contributed by atoms with Crippen LogP contribution in [0.25, 0.3) is 0 Å². The van der Waals surface area contributed by atoms with Gasteiger partial charge in [-0.2, -0.15) is 0 Å². The molecule has 0 aromatic carbocycles. The second kappa shape index (κ2) is 8.46. The van der Waals surface area contributed by atoms with Crippen LogP contribution in [0.3, 0.4) is 0 Å². The number of unbranched alkanes of at least 4 members (excludes halogenated alkanes) is 2. The summed E-state index contributed by atoms with van der Waals surface area (Å²) in [5, 5.41) is 22.4. The second-order valence-electron chi connectivity index (χ2n) is 3.13. The first-order valence-corrected chi connectivity index (χ1v) is 4.89. The zero-order valence-electron chi connectivity index (χ0n) is 8.73. The maximum Gasteiger partial charge on any atom is 0.244 e. The molecule has 6 heteroatoms. The Morgan fingerprint density at radius 3 is 2.25 bits per heavy atom. The van der Waals surface area contributed by atoms with E-state index < -0.39 is 17.8 Å². The lowest BCUT2D eigenvalue weighted by Gasteiger charge is -2.03. The Kier molecular flexibility index (Phi) is 7.48. The SMILES string of the molecule is O=C([O-])C=CC(=O)NCCCCCC(=O)[O-]. The standard InChI is InChI=1S/C10H15NO5/c12-8(5-6-10(15)16)11-7-3-1-2-4-9(13)14/h5-6H,1-4,7H2,(H,11,12)(H,13,14)(H,15,16)/p-2. The van der Waals surface area contributed by atoms with Gasteiger partial charge in [0.25, 0.3) is 0 Å². The largest absolute Gasteiger partial charge is 0.550 e. The van der Waals surface area contributed by atoms with Gasteiger partial charge in [0.15, 0.2) is 0 Å². The average molecular weight is 227 g/mol. The normalized spacial score (nSPS) is 10.2. The second-order valence-corrected chi connectivity index (χ2v) is 3.13. The molecule has 0 atom stereocenters. The fourth-order valence-corrected chi connectivity index (χ4v) is 0.985. The number of hydrogen-bond donors (Lipinski definition) is 1. The van der Waals surface area contributed by atoms with Gasteiger partial charge in [-0.15, -0.1) is 0 Å². The molecule has 0 spiro atoms. The van der Waals surface area contributed by atoms with Crippen molar-refractivity contribution < 1.29 is 24.6 Å². The lowest BCUT2D eigenvalue weighted by molar-refractivity contribution is -0.306. The number of aliphatic carboxylic acids is 2. The fourth-order valence-electron chi connectivity index (χ4n) is 0.985. The van der Waals surface area contributed by atoms with Gasteiger partial charge in [-0.1, -0.05) is 6.42 Å². The summed E-state index contributed by atoms with van der Waals surface area (Å²) >= 11 is 0. The number of amides is 1. The van der Waals surface area contributed by atoms with Crippen molar-refractivity contribution in [2.45, 2.75) is 25.7 Å². The number of carboxylic acid groups (broad SMARTS) is 2. The van der Waals surface area contributed by atoms with Crippen molar-refractivity contribution in [2.75, 3.05) is 6.54 Å². The molecule has 0 aliphatic heterocycles. The molecule has 0 saturated heterocycles. The summed E-state index contributed by atoms with van der Waals surface area (Å²) in [6, 6.07) is 0. The van der Waals surface area contributed by atoms with E-state index in [-0.39, 0.29) is 6.42 Å². The number of carbonyl (C=O) groups excluding carboxylic acids is 3. The molecule has 90 valence electrons. The van der Waals surface area contributed by atoms with E-state index in [1.807, 2.05) is 0 Å². The van der Waals surface area contributed by atoms with Crippen LogP contribution in [0.1, 0.15) is 25.7 Å². The molecular weight excluding hydrogens is 214 g/mol. The van der Waals surface area contributed by atoms with Crippen LogP contribution < -0.4 is 15.5 Å². The van der Waals surface area contributed by atoms with E-state index in [4.69, 9.17) is 0 Å². The summed E-state index contributed by atoms with van der Waals surface area (Å²) in [5.41, 5.74) is 0. The molecule has 0 rings (SSSR count). The predicted octanol–water partition coefficient (Wildman–Crippen LogP) is -2.28. The third-order valence-electron chi connectivity index (χ3n) is 1.73. The van der Waals surface area contributed by atoms with E-state index in [1.54, 1.807) is 0 Å². The molecule has 0 heterocycles. The van der Waals surface area contributed by atoms with Crippen LogP contribution in [0, 0.1) is 0 Å². The van der Waals surface area contributed by atoms with Crippen LogP contribution in [-0.4, -0.2) is 24.4 Å². The van der Waals surface area contributed by atoms with E-state index in [0.717, 1.165) is 6.08 Å². The quantitative estimate of drug-likeness (QED) is 0.371. The topological polar surface area (TPSA) is 109 Å². The molecule has 0 aliphatic carbocycles. The molecule has 6 nitrogen and oxygen atoms in total. The average Bonchev–Trinajstić information content (AvgIpc) is 2.19. The van der Waals surface area contributed by atoms with Gasteiger partial charge in [0, 0.05) is 18.6 Å². The van der Waals surface area contributed by atoms with Crippen molar-refractivity contribution >= 4 is 17.8 Å². The summed E-state index contributed by atoms with van der Waals surface area (Å²) in [4.78, 5) is 30.9. The van der Waals surface area contributed by atoms with Crippen molar-refractivity contribution in [1.29, 1.82) is 0 Å². The minimum Gasteiger partial charge on any atom is -0.550 e. The van der Waals surface area contributed by atoms with Gasteiger partial charge >= 0.3 is 0 Å². The maximum absolute atomic E-state index is 10.9. The highest BCUT2D eigenvalue weighted by Crippen LogP contribution is 1.97. The molecule has 0 fully saturated rings. The molecular formula is C10H13NO5-2. The lowest BCUT2D eigenvalue weighted by atomic mass is 10.2. The number of hydrogen-bond acceptors (Lipinski definition) is 5. The van der Waals surface area contributed by atoms with Crippen molar-refractivity contribution in [3.63, 3.8) is 0 Å². The smallest absolute Gasteiger partial charge is 0.244 e. The predicted molar refractivity (Wildman–Crippen MR) is 50.6 cm³/mol. The molecule has 1 N–H and O–H groups in total. The third-order valence-corrected chi connectivity index (χ3v) is 1.73. The highest BCUT2D eigenvalue weighted by atomic mass is 16.4. The summed E-state index contributed by atoms with van der Waals surface area (Å²) in [6.45, 7) is 0.378. The summed E-state index contributed by atoms with van der Waals surface area (Å²) in [7, 11) is 0. The molecule has 0 saturated carbocycles. The zero-order valence-corrected chi connectivity index (χ0v) is 8.73. The van der Waals surface area contributed by atoms with Gasteiger partial charge in [-0.05, 0) is 25.3 Å². The van der Waals surface area contributed by atoms with Crippen LogP contribution in [0.2, 0.25) is 0 Å². The molecule has 0 bridgehead atoms. The first kappa shape index (κ1) is 14.2. The molecule has 16 heavy (non-hydrogen) atoms. The Hall–Kier alpha value is -1.85. The first-order chi connectivity index (χ1) is 7.52.